The van der Waals surface area contributed by atoms with Crippen molar-refractivity contribution in [1.29, 1.82) is 0 Å². The van der Waals surface area contributed by atoms with Crippen LogP contribution < -0.4 is 0 Å². The summed E-state index contributed by atoms with van der Waals surface area (Å²) in [6, 6.07) is 0. The van der Waals surface area contributed by atoms with E-state index in [1.54, 1.807) is 11.8 Å². The minimum Gasteiger partial charge on any atom is -0.375 e. The van der Waals surface area contributed by atoms with Crippen LogP contribution in [0.2, 0.25) is 0 Å². The van der Waals surface area contributed by atoms with Crippen molar-refractivity contribution in [2.45, 2.75) is 32.0 Å². The van der Waals surface area contributed by atoms with Crippen LogP contribution in [0.25, 0.3) is 0 Å². The smallest absolute Gasteiger partial charge is 0.298 e. The van der Waals surface area contributed by atoms with E-state index in [4.69, 9.17) is 9.47 Å². The van der Waals surface area contributed by atoms with Crippen molar-refractivity contribution in [3.05, 3.63) is 0 Å². The number of nitrogens with zero attached hydrogens (tertiary/aromatic N) is 1. The summed E-state index contributed by atoms with van der Waals surface area (Å²) >= 11 is 0. The van der Waals surface area contributed by atoms with Gasteiger partial charge in [0.2, 0.25) is 0 Å². The Kier molecular flexibility index (Phi) is 3.81. The fourth-order valence-corrected chi connectivity index (χ4v) is 2.17. The molecule has 16 heavy (non-hydrogen) atoms. The standard InChI is InChI=1S/C12H17NO3/c1-2-4-12(14)13-6-8-16-11(9-13)10-5-3-7-15-10/h10-11H,3,5-9H2,1H3. The molecule has 4 nitrogen and oxygen atoms in total. The molecule has 0 aromatic heterocycles. The lowest BCUT2D eigenvalue weighted by atomic mass is 10.1. The molecule has 2 heterocycles. The number of hydrogen-bond acceptors (Lipinski definition) is 3. The van der Waals surface area contributed by atoms with Crippen LogP contribution in [0, 0.1) is 11.8 Å². The van der Waals surface area contributed by atoms with Crippen molar-refractivity contribution in [2.24, 2.45) is 0 Å². The Morgan fingerprint density at radius 1 is 1.31 bits per heavy atom. The third-order valence-electron chi connectivity index (χ3n) is 2.99. The van der Waals surface area contributed by atoms with E-state index in [0.717, 1.165) is 19.4 Å². The predicted molar refractivity (Wildman–Crippen MR) is 58.7 cm³/mol. The van der Waals surface area contributed by atoms with Gasteiger partial charge in [-0.15, -0.1) is 0 Å². The fourth-order valence-electron chi connectivity index (χ4n) is 2.17. The van der Waals surface area contributed by atoms with E-state index >= 15 is 0 Å². The maximum absolute atomic E-state index is 11.6. The lowest BCUT2D eigenvalue weighted by Crippen LogP contribution is -2.49. The minimum atomic E-state index is -0.103. The Bertz CT molecular complexity index is 312. The number of ether oxygens (including phenoxy) is 2. The van der Waals surface area contributed by atoms with Crippen LogP contribution in [-0.2, 0) is 14.3 Å². The molecular weight excluding hydrogens is 206 g/mol. The van der Waals surface area contributed by atoms with Crippen molar-refractivity contribution >= 4 is 5.91 Å². The number of carbonyl (C=O) groups is 1. The predicted octanol–water partition coefficient (Wildman–Crippen LogP) is 0.416. The lowest BCUT2D eigenvalue weighted by Gasteiger charge is -2.34. The van der Waals surface area contributed by atoms with Crippen LogP contribution in [0.5, 0.6) is 0 Å². The highest BCUT2D eigenvalue weighted by Gasteiger charge is 2.32. The maximum atomic E-state index is 11.6. The summed E-state index contributed by atoms with van der Waals surface area (Å²) in [7, 11) is 0. The average molecular weight is 223 g/mol. The van der Waals surface area contributed by atoms with Gasteiger partial charge in [0.25, 0.3) is 5.91 Å². The Morgan fingerprint density at radius 2 is 2.12 bits per heavy atom. The first-order chi connectivity index (χ1) is 7.81. The first-order valence-electron chi connectivity index (χ1n) is 5.76. The van der Waals surface area contributed by atoms with Gasteiger partial charge in [-0.1, -0.05) is 5.92 Å². The van der Waals surface area contributed by atoms with Gasteiger partial charge in [0, 0.05) is 13.2 Å². The average Bonchev–Trinajstić information content (AvgIpc) is 2.83. The molecule has 0 aromatic rings. The topological polar surface area (TPSA) is 38.8 Å². The van der Waals surface area contributed by atoms with E-state index < -0.39 is 0 Å². The van der Waals surface area contributed by atoms with E-state index in [9.17, 15) is 4.79 Å². The number of morpholine rings is 1. The quantitative estimate of drug-likeness (QED) is 0.605. The normalized spacial score (nSPS) is 29.7. The SMILES string of the molecule is CC#CC(=O)N1CCOC(C2CCCO2)C1. The Labute approximate surface area is 95.9 Å². The molecule has 0 N–H and O–H groups in total. The van der Waals surface area contributed by atoms with Crippen molar-refractivity contribution < 1.29 is 14.3 Å². The van der Waals surface area contributed by atoms with Crippen molar-refractivity contribution in [2.75, 3.05) is 26.3 Å². The summed E-state index contributed by atoms with van der Waals surface area (Å²) in [5.41, 5.74) is 0. The largest absolute Gasteiger partial charge is 0.375 e. The molecule has 2 rings (SSSR count). The molecule has 2 unspecified atom stereocenters. The molecule has 0 aromatic carbocycles. The number of rotatable bonds is 1. The van der Waals surface area contributed by atoms with Gasteiger partial charge in [0.05, 0.1) is 19.3 Å². The van der Waals surface area contributed by atoms with Crippen LogP contribution in [0.1, 0.15) is 19.8 Å². The van der Waals surface area contributed by atoms with Gasteiger partial charge in [0.15, 0.2) is 0 Å². The summed E-state index contributed by atoms with van der Waals surface area (Å²) in [5, 5.41) is 0. The van der Waals surface area contributed by atoms with Crippen LogP contribution in [0.15, 0.2) is 0 Å². The minimum absolute atomic E-state index is 0.0267. The molecule has 0 bridgehead atoms. The molecular formula is C12H17NO3. The van der Waals surface area contributed by atoms with E-state index in [2.05, 4.69) is 11.8 Å². The summed E-state index contributed by atoms with van der Waals surface area (Å²) in [6.07, 6.45) is 2.31. The zero-order chi connectivity index (χ0) is 11.4. The third-order valence-corrected chi connectivity index (χ3v) is 2.99. The lowest BCUT2D eigenvalue weighted by molar-refractivity contribution is -0.139. The molecule has 88 valence electrons. The summed E-state index contributed by atoms with van der Waals surface area (Å²) < 4.78 is 11.2. The summed E-state index contributed by atoms with van der Waals surface area (Å²) in [6.45, 7) is 4.32. The molecule has 0 saturated carbocycles. The molecule has 0 spiro atoms. The Morgan fingerprint density at radius 3 is 2.81 bits per heavy atom. The summed E-state index contributed by atoms with van der Waals surface area (Å²) in [5.74, 6) is 5.10. The zero-order valence-electron chi connectivity index (χ0n) is 9.57. The van der Waals surface area contributed by atoms with Gasteiger partial charge in [-0.05, 0) is 25.7 Å². The van der Waals surface area contributed by atoms with E-state index in [0.29, 0.717) is 19.7 Å². The molecule has 2 saturated heterocycles. The first-order valence-corrected chi connectivity index (χ1v) is 5.76. The van der Waals surface area contributed by atoms with Crippen LogP contribution in [0.4, 0.5) is 0 Å². The van der Waals surface area contributed by atoms with Crippen molar-refractivity contribution in [3.8, 4) is 11.8 Å². The van der Waals surface area contributed by atoms with E-state index in [1.807, 2.05) is 0 Å². The number of hydrogen-bond donors (Lipinski definition) is 0. The zero-order valence-corrected chi connectivity index (χ0v) is 9.57. The van der Waals surface area contributed by atoms with E-state index in [1.165, 1.54) is 0 Å². The van der Waals surface area contributed by atoms with Crippen LogP contribution >= 0.6 is 0 Å². The van der Waals surface area contributed by atoms with Crippen molar-refractivity contribution in [3.63, 3.8) is 0 Å². The fraction of sp³-hybridized carbons (Fsp3) is 0.750. The molecule has 4 heteroatoms. The highest BCUT2D eigenvalue weighted by atomic mass is 16.5. The van der Waals surface area contributed by atoms with E-state index in [-0.39, 0.29) is 18.1 Å². The molecule has 2 atom stereocenters. The van der Waals surface area contributed by atoms with Gasteiger partial charge < -0.3 is 14.4 Å². The van der Waals surface area contributed by atoms with Gasteiger partial charge in [-0.25, -0.2) is 0 Å². The molecule has 0 radical (unpaired) electrons. The number of amides is 1. The molecule has 0 aliphatic carbocycles. The third kappa shape index (κ3) is 2.55. The Hall–Kier alpha value is -1.05. The second-order valence-electron chi connectivity index (χ2n) is 4.09. The van der Waals surface area contributed by atoms with Gasteiger partial charge in [-0.2, -0.15) is 0 Å². The first kappa shape index (κ1) is 11.4. The maximum Gasteiger partial charge on any atom is 0.298 e. The number of carbonyl (C=O) groups excluding carboxylic acids is 1. The molecule has 2 fully saturated rings. The molecule has 2 aliphatic heterocycles. The van der Waals surface area contributed by atoms with Gasteiger partial charge in [0.1, 0.15) is 6.10 Å². The highest BCUT2D eigenvalue weighted by molar-refractivity contribution is 5.93. The van der Waals surface area contributed by atoms with Gasteiger partial charge >= 0.3 is 0 Å². The van der Waals surface area contributed by atoms with Crippen LogP contribution in [0.3, 0.4) is 0 Å². The Balaban J connectivity index is 1.92. The second-order valence-corrected chi connectivity index (χ2v) is 4.09. The van der Waals surface area contributed by atoms with Crippen molar-refractivity contribution in [1.82, 2.24) is 4.90 Å². The highest BCUT2D eigenvalue weighted by Crippen LogP contribution is 2.20. The monoisotopic (exact) mass is 223 g/mol. The summed E-state index contributed by atoms with van der Waals surface area (Å²) in [4.78, 5) is 13.4. The van der Waals surface area contributed by atoms with Crippen LogP contribution in [-0.4, -0.2) is 49.3 Å². The second kappa shape index (κ2) is 5.33. The van der Waals surface area contributed by atoms with Gasteiger partial charge in [-0.3, -0.25) is 4.79 Å². The molecule has 1 amide bonds. The molecule has 2 aliphatic rings.